The average Bonchev–Trinajstić information content (AvgIpc) is 3.10. The largest absolute Gasteiger partial charge is 0.299 e. The Morgan fingerprint density at radius 1 is 0.700 bits per heavy atom. The monoisotopic (exact) mass is 415 g/mol. The van der Waals surface area contributed by atoms with Crippen molar-refractivity contribution in [2.45, 2.75) is 54.7 Å². The topological polar surface area (TPSA) is 17.1 Å². The van der Waals surface area contributed by atoms with Crippen LogP contribution in [0.3, 0.4) is 0 Å². The zero-order valence-electron chi connectivity index (χ0n) is 18.2. The Hall–Kier alpha value is -2.32. The van der Waals surface area contributed by atoms with E-state index in [-0.39, 0.29) is 21.7 Å². The van der Waals surface area contributed by atoms with Crippen LogP contribution in [0.5, 0.6) is 0 Å². The zero-order chi connectivity index (χ0) is 21.2. The van der Waals surface area contributed by atoms with Crippen LogP contribution in [0, 0.1) is 16.7 Å². The fourth-order valence-electron chi connectivity index (χ4n) is 4.98. The number of benzene rings is 3. The second-order valence-electron chi connectivity index (χ2n) is 9.16. The first-order valence-corrected chi connectivity index (χ1v) is 12.1. The van der Waals surface area contributed by atoms with Crippen molar-refractivity contribution in [3.05, 3.63) is 91.0 Å². The van der Waals surface area contributed by atoms with Crippen LogP contribution in [0.25, 0.3) is 0 Å². The summed E-state index contributed by atoms with van der Waals surface area (Å²) >= 11 is 0. The maximum Gasteiger partial charge on any atom is 0.166 e. The molecule has 154 valence electrons. The molecule has 2 aliphatic carbocycles. The minimum absolute atomic E-state index is 0.0146. The van der Waals surface area contributed by atoms with E-state index in [0.717, 1.165) is 12.8 Å². The second kappa shape index (κ2) is 8.43. The Labute approximate surface area is 183 Å². The maximum absolute atomic E-state index is 11.6. The highest BCUT2D eigenvalue weighted by Crippen LogP contribution is 2.63. The van der Waals surface area contributed by atoms with Gasteiger partial charge in [0, 0.05) is 11.8 Å². The Kier molecular flexibility index (Phi) is 5.88. The molecule has 0 saturated heterocycles. The number of carbonyl (C=O) groups is 1. The molecule has 30 heavy (non-hydrogen) atoms. The lowest BCUT2D eigenvalue weighted by atomic mass is 9.70. The highest BCUT2D eigenvalue weighted by atomic mass is 32.2. The predicted octanol–water partition coefficient (Wildman–Crippen LogP) is 7.18. The molecule has 5 rings (SSSR count). The minimum atomic E-state index is -0.0146. The van der Waals surface area contributed by atoms with Gasteiger partial charge in [0.05, 0.1) is 10.9 Å². The molecule has 0 aliphatic heterocycles. The van der Waals surface area contributed by atoms with Crippen molar-refractivity contribution in [1.82, 2.24) is 0 Å². The van der Waals surface area contributed by atoms with E-state index in [0.29, 0.717) is 11.7 Å². The van der Waals surface area contributed by atoms with Crippen LogP contribution in [0.2, 0.25) is 0 Å². The standard InChI is InChI=1S/C18H15S.C10H16O/c1-4-10-16(11-5-1)19(17-12-6-2-7-13-17)18-14-8-3-9-15-18;1-9(2)7-4-5-10(9,3)8(11)6-7/h1-15H;7H,4-6H2,1-3H3/q+1;. The van der Waals surface area contributed by atoms with Crippen LogP contribution in [-0.2, 0) is 15.7 Å². The third-order valence-electron chi connectivity index (χ3n) is 7.42. The number of carbonyl (C=O) groups excluding carboxylic acids is 1. The van der Waals surface area contributed by atoms with Crippen molar-refractivity contribution in [1.29, 1.82) is 0 Å². The van der Waals surface area contributed by atoms with Crippen molar-refractivity contribution in [3.8, 4) is 0 Å². The van der Waals surface area contributed by atoms with Gasteiger partial charge in [-0.25, -0.2) is 0 Å². The van der Waals surface area contributed by atoms with E-state index in [4.69, 9.17) is 0 Å². The fourth-order valence-corrected chi connectivity index (χ4v) is 7.08. The van der Waals surface area contributed by atoms with Gasteiger partial charge in [0.25, 0.3) is 0 Å². The molecule has 2 bridgehead atoms. The summed E-state index contributed by atoms with van der Waals surface area (Å²) in [6.45, 7) is 6.67. The van der Waals surface area contributed by atoms with Gasteiger partial charge in [-0.15, -0.1) is 0 Å². The van der Waals surface area contributed by atoms with Crippen LogP contribution in [0.4, 0.5) is 0 Å². The summed E-state index contributed by atoms with van der Waals surface area (Å²) in [5.74, 6) is 1.19. The molecule has 0 radical (unpaired) electrons. The molecule has 2 saturated carbocycles. The van der Waals surface area contributed by atoms with Crippen LogP contribution in [-0.4, -0.2) is 5.78 Å². The highest BCUT2D eigenvalue weighted by Gasteiger charge is 2.61. The van der Waals surface area contributed by atoms with Crippen LogP contribution >= 0.6 is 0 Å². The van der Waals surface area contributed by atoms with E-state index in [1.54, 1.807) is 0 Å². The molecule has 0 aromatic heterocycles. The summed E-state index contributed by atoms with van der Waals surface area (Å²) < 4.78 is 0. The van der Waals surface area contributed by atoms with Gasteiger partial charge in [0.1, 0.15) is 5.78 Å². The maximum atomic E-state index is 11.6. The first-order valence-electron chi connectivity index (χ1n) is 10.9. The van der Waals surface area contributed by atoms with E-state index >= 15 is 0 Å². The number of hydrogen-bond donors (Lipinski definition) is 0. The SMILES string of the molecule is CC12CCC(CC1=O)C2(C)C.c1ccc([S+](c2ccccc2)c2ccccc2)cc1. The van der Waals surface area contributed by atoms with E-state index in [1.165, 1.54) is 21.1 Å². The number of fused-ring (bicyclic) bond motifs is 2. The highest BCUT2D eigenvalue weighted by molar-refractivity contribution is 7.97. The number of Topliss-reactive ketones (excluding diaryl/α,β-unsaturated/α-hetero) is 1. The molecule has 2 heteroatoms. The number of hydrogen-bond acceptors (Lipinski definition) is 1. The quantitative estimate of drug-likeness (QED) is 0.414. The van der Waals surface area contributed by atoms with E-state index in [1.807, 2.05) is 0 Å². The molecule has 0 N–H and O–H groups in total. The first kappa shape index (κ1) is 20.9. The van der Waals surface area contributed by atoms with E-state index < -0.39 is 0 Å². The van der Waals surface area contributed by atoms with Gasteiger partial charge in [-0.2, -0.15) is 0 Å². The average molecular weight is 416 g/mol. The summed E-state index contributed by atoms with van der Waals surface area (Å²) in [7, 11) is -0.0146. The predicted molar refractivity (Wildman–Crippen MR) is 126 cm³/mol. The Morgan fingerprint density at radius 2 is 1.10 bits per heavy atom. The van der Waals surface area contributed by atoms with Gasteiger partial charge in [0.15, 0.2) is 14.7 Å². The van der Waals surface area contributed by atoms with Crippen molar-refractivity contribution in [2.24, 2.45) is 16.7 Å². The third kappa shape index (κ3) is 3.74. The molecule has 2 unspecified atom stereocenters. The molecule has 2 fully saturated rings. The molecule has 1 nitrogen and oxygen atoms in total. The lowest BCUT2D eigenvalue weighted by Crippen LogP contribution is -2.32. The second-order valence-corrected chi connectivity index (χ2v) is 11.2. The number of ketones is 1. The summed E-state index contributed by atoms with van der Waals surface area (Å²) in [6, 6.07) is 32.2. The molecule has 0 spiro atoms. The van der Waals surface area contributed by atoms with Gasteiger partial charge in [0.2, 0.25) is 0 Å². The molecule has 2 atom stereocenters. The zero-order valence-corrected chi connectivity index (χ0v) is 19.0. The number of rotatable bonds is 3. The molecule has 3 aromatic rings. The Morgan fingerprint density at radius 3 is 1.33 bits per heavy atom. The van der Waals surface area contributed by atoms with Crippen molar-refractivity contribution >= 4 is 16.7 Å². The van der Waals surface area contributed by atoms with Gasteiger partial charge < -0.3 is 0 Å². The summed E-state index contributed by atoms with van der Waals surface area (Å²) in [5, 5.41) is 0. The summed E-state index contributed by atoms with van der Waals surface area (Å²) in [5.41, 5.74) is 0.307. The first-order chi connectivity index (χ1) is 14.4. The lowest BCUT2D eigenvalue weighted by molar-refractivity contribution is -0.128. The lowest BCUT2D eigenvalue weighted by Gasteiger charge is -2.32. The van der Waals surface area contributed by atoms with Gasteiger partial charge in [-0.1, -0.05) is 75.4 Å². The van der Waals surface area contributed by atoms with Crippen LogP contribution < -0.4 is 0 Å². The Balaban J connectivity index is 0.000000168. The van der Waals surface area contributed by atoms with Crippen LogP contribution in [0.1, 0.15) is 40.0 Å². The fraction of sp³-hybridized carbons (Fsp3) is 0.321. The smallest absolute Gasteiger partial charge is 0.166 e. The molecule has 0 heterocycles. The molecule has 2 aliphatic rings. The molecule has 3 aromatic carbocycles. The molecular formula is C28H31OS+. The molecule has 0 amide bonds. The van der Waals surface area contributed by atoms with Gasteiger partial charge >= 0.3 is 0 Å². The third-order valence-corrected chi connectivity index (χ3v) is 9.65. The summed E-state index contributed by atoms with van der Waals surface area (Å²) in [4.78, 5) is 15.7. The minimum Gasteiger partial charge on any atom is -0.299 e. The van der Waals surface area contributed by atoms with Gasteiger partial charge in [-0.3, -0.25) is 4.79 Å². The molecular weight excluding hydrogens is 384 g/mol. The normalized spacial score (nSPS) is 23.9. The Bertz CT molecular complexity index is 887. The van der Waals surface area contributed by atoms with Crippen molar-refractivity contribution < 1.29 is 4.79 Å². The van der Waals surface area contributed by atoms with Gasteiger partial charge in [-0.05, 0) is 60.6 Å². The van der Waals surface area contributed by atoms with E-state index in [9.17, 15) is 4.79 Å². The van der Waals surface area contributed by atoms with Crippen LogP contribution in [0.15, 0.2) is 106 Å². The van der Waals surface area contributed by atoms with Crippen molar-refractivity contribution in [2.75, 3.05) is 0 Å². The van der Waals surface area contributed by atoms with Crippen molar-refractivity contribution in [3.63, 3.8) is 0 Å². The van der Waals surface area contributed by atoms with E-state index in [2.05, 4.69) is 112 Å². The summed E-state index contributed by atoms with van der Waals surface area (Å²) in [6.07, 6.45) is 3.25.